The molecule has 0 aromatic heterocycles. The third-order valence-corrected chi connectivity index (χ3v) is 3.20. The molecule has 23 heavy (non-hydrogen) atoms. The molecule has 0 amide bonds. The molecule has 0 radical (unpaired) electrons. The molecule has 132 valence electrons. The summed E-state index contributed by atoms with van der Waals surface area (Å²) in [6.07, 6.45) is 0. The fourth-order valence-corrected chi connectivity index (χ4v) is 2.20. The van der Waals surface area contributed by atoms with E-state index in [1.807, 2.05) is 6.92 Å². The highest BCUT2D eigenvalue weighted by Gasteiger charge is 2.11. The molecule has 2 N–H and O–H groups in total. The van der Waals surface area contributed by atoms with E-state index in [4.69, 9.17) is 4.74 Å². The van der Waals surface area contributed by atoms with Gasteiger partial charge in [-0.15, -0.1) is 24.0 Å². The smallest absolute Gasteiger partial charge is 0.387 e. The molecule has 1 unspecified atom stereocenters. The minimum Gasteiger partial charge on any atom is -0.434 e. The van der Waals surface area contributed by atoms with Gasteiger partial charge in [0.25, 0.3) is 0 Å². The first-order valence-electron chi connectivity index (χ1n) is 6.65. The van der Waals surface area contributed by atoms with Gasteiger partial charge in [-0.3, -0.25) is 4.99 Å². The molecule has 1 aromatic carbocycles. The van der Waals surface area contributed by atoms with Crippen LogP contribution in [0.5, 0.6) is 5.75 Å². The molecule has 1 aromatic rings. The molecule has 0 saturated heterocycles. The standard InChI is InChI=1S/C14H20BrF2N3O2.HI/c1-9(8-21-3)20-14(18-2)19-7-10-6-11(15)4-5-12(10)22-13(16)17;/h4-6,9,13H,7-8H2,1-3H3,(H2,18,19,20);1H. The molecular weight excluding hydrogens is 487 g/mol. The number of nitrogens with one attached hydrogen (secondary N) is 2. The molecule has 0 heterocycles. The van der Waals surface area contributed by atoms with Crippen LogP contribution < -0.4 is 15.4 Å². The summed E-state index contributed by atoms with van der Waals surface area (Å²) >= 11 is 3.31. The third-order valence-electron chi connectivity index (χ3n) is 2.71. The molecule has 0 aliphatic heterocycles. The van der Waals surface area contributed by atoms with E-state index < -0.39 is 6.61 Å². The Morgan fingerprint density at radius 2 is 2.09 bits per heavy atom. The zero-order valence-electron chi connectivity index (χ0n) is 13.1. The molecule has 1 atom stereocenters. The van der Waals surface area contributed by atoms with Crippen molar-refractivity contribution in [1.29, 1.82) is 0 Å². The summed E-state index contributed by atoms with van der Waals surface area (Å²) in [6, 6.07) is 4.93. The van der Waals surface area contributed by atoms with Crippen LogP contribution in [0.2, 0.25) is 0 Å². The van der Waals surface area contributed by atoms with Crippen molar-refractivity contribution in [2.45, 2.75) is 26.1 Å². The maximum Gasteiger partial charge on any atom is 0.387 e. The quantitative estimate of drug-likeness (QED) is 0.337. The summed E-state index contributed by atoms with van der Waals surface area (Å²) in [7, 11) is 3.25. The van der Waals surface area contributed by atoms with E-state index in [-0.39, 0.29) is 35.8 Å². The monoisotopic (exact) mass is 507 g/mol. The Morgan fingerprint density at radius 3 is 2.65 bits per heavy atom. The molecule has 1 rings (SSSR count). The zero-order valence-corrected chi connectivity index (χ0v) is 17.0. The fourth-order valence-electron chi connectivity index (χ4n) is 1.80. The Labute approximate surface area is 160 Å². The molecular formula is C14H21BrF2IN3O2. The average molecular weight is 508 g/mol. The molecule has 0 fully saturated rings. The first-order valence-corrected chi connectivity index (χ1v) is 7.45. The number of hydrogen-bond acceptors (Lipinski definition) is 3. The lowest BCUT2D eigenvalue weighted by Gasteiger charge is -2.18. The zero-order chi connectivity index (χ0) is 16.5. The maximum absolute atomic E-state index is 12.4. The minimum absolute atomic E-state index is 0. The lowest BCUT2D eigenvalue weighted by Crippen LogP contribution is -2.43. The lowest BCUT2D eigenvalue weighted by molar-refractivity contribution is -0.0504. The number of benzene rings is 1. The van der Waals surface area contributed by atoms with E-state index in [9.17, 15) is 8.78 Å². The Bertz CT molecular complexity index is 507. The van der Waals surface area contributed by atoms with Crippen molar-refractivity contribution < 1.29 is 18.3 Å². The summed E-state index contributed by atoms with van der Waals surface area (Å²) in [5.74, 6) is 0.679. The number of alkyl halides is 2. The second kappa shape index (κ2) is 11.8. The number of guanidine groups is 1. The summed E-state index contributed by atoms with van der Waals surface area (Å²) in [5, 5.41) is 6.18. The van der Waals surface area contributed by atoms with Gasteiger partial charge in [0.15, 0.2) is 5.96 Å². The van der Waals surface area contributed by atoms with Crippen LogP contribution >= 0.6 is 39.9 Å². The van der Waals surface area contributed by atoms with Gasteiger partial charge in [-0.2, -0.15) is 8.78 Å². The van der Waals surface area contributed by atoms with Crippen LogP contribution in [0.4, 0.5) is 8.78 Å². The predicted molar refractivity (Wildman–Crippen MR) is 101 cm³/mol. The lowest BCUT2D eigenvalue weighted by atomic mass is 10.2. The number of halogens is 4. The van der Waals surface area contributed by atoms with Gasteiger partial charge in [-0.1, -0.05) is 15.9 Å². The van der Waals surface area contributed by atoms with Gasteiger partial charge in [-0.25, -0.2) is 0 Å². The van der Waals surface area contributed by atoms with Crippen LogP contribution in [0.25, 0.3) is 0 Å². The van der Waals surface area contributed by atoms with Gasteiger partial charge < -0.3 is 20.1 Å². The van der Waals surface area contributed by atoms with Crippen LogP contribution in [-0.2, 0) is 11.3 Å². The van der Waals surface area contributed by atoms with Crippen LogP contribution in [-0.4, -0.2) is 39.4 Å². The van der Waals surface area contributed by atoms with Crippen molar-refractivity contribution in [1.82, 2.24) is 10.6 Å². The molecule has 0 aliphatic carbocycles. The van der Waals surface area contributed by atoms with Crippen LogP contribution in [0.3, 0.4) is 0 Å². The Kier molecular flexibility index (Phi) is 11.4. The summed E-state index contributed by atoms with van der Waals surface area (Å²) in [5.41, 5.74) is 0.594. The molecule has 9 heteroatoms. The topological polar surface area (TPSA) is 54.9 Å². The van der Waals surface area contributed by atoms with Gasteiger partial charge in [0.1, 0.15) is 5.75 Å². The van der Waals surface area contributed by atoms with E-state index in [1.165, 1.54) is 6.07 Å². The molecule has 0 aliphatic rings. The van der Waals surface area contributed by atoms with Crippen molar-refractivity contribution in [3.8, 4) is 5.75 Å². The second-order valence-electron chi connectivity index (χ2n) is 4.56. The highest BCUT2D eigenvalue weighted by Crippen LogP contribution is 2.24. The van der Waals surface area contributed by atoms with E-state index in [1.54, 1.807) is 26.3 Å². The average Bonchev–Trinajstić information content (AvgIpc) is 2.45. The van der Waals surface area contributed by atoms with Gasteiger partial charge in [-0.05, 0) is 25.1 Å². The van der Waals surface area contributed by atoms with Crippen molar-refractivity contribution in [3.05, 3.63) is 28.2 Å². The maximum atomic E-state index is 12.4. The summed E-state index contributed by atoms with van der Waals surface area (Å²) in [4.78, 5) is 4.08. The third kappa shape index (κ3) is 8.66. The van der Waals surface area contributed by atoms with Crippen LogP contribution in [0, 0.1) is 0 Å². The van der Waals surface area contributed by atoms with Crippen molar-refractivity contribution in [3.63, 3.8) is 0 Å². The largest absolute Gasteiger partial charge is 0.434 e. The van der Waals surface area contributed by atoms with Gasteiger partial charge in [0.05, 0.1) is 6.61 Å². The molecule has 0 bridgehead atoms. The van der Waals surface area contributed by atoms with Crippen LogP contribution in [0.1, 0.15) is 12.5 Å². The molecule has 0 saturated carbocycles. The van der Waals surface area contributed by atoms with Crippen molar-refractivity contribution in [2.24, 2.45) is 4.99 Å². The number of hydrogen-bond donors (Lipinski definition) is 2. The predicted octanol–water partition coefficient (Wildman–Crippen LogP) is 3.37. The second-order valence-corrected chi connectivity index (χ2v) is 5.47. The SMILES string of the molecule is CN=C(NCc1cc(Br)ccc1OC(F)F)NC(C)COC.I. The molecule has 0 spiro atoms. The normalized spacial score (nSPS) is 12.6. The Balaban J connectivity index is 0.00000484. The van der Waals surface area contributed by atoms with Gasteiger partial charge in [0, 0.05) is 36.8 Å². The van der Waals surface area contributed by atoms with E-state index in [2.05, 4.69) is 36.3 Å². The van der Waals surface area contributed by atoms with E-state index >= 15 is 0 Å². The fraction of sp³-hybridized carbons (Fsp3) is 0.500. The van der Waals surface area contributed by atoms with Crippen molar-refractivity contribution >= 4 is 45.9 Å². The first kappa shape index (κ1) is 22.3. The molecule has 5 nitrogen and oxygen atoms in total. The number of nitrogens with zero attached hydrogens (tertiary/aromatic N) is 1. The minimum atomic E-state index is -2.86. The van der Waals surface area contributed by atoms with Gasteiger partial charge in [0.2, 0.25) is 0 Å². The van der Waals surface area contributed by atoms with Crippen molar-refractivity contribution in [2.75, 3.05) is 20.8 Å². The number of aliphatic imine (C=N–C) groups is 1. The van der Waals surface area contributed by atoms with E-state index in [0.29, 0.717) is 24.7 Å². The Morgan fingerprint density at radius 1 is 1.39 bits per heavy atom. The van der Waals surface area contributed by atoms with Crippen LogP contribution in [0.15, 0.2) is 27.7 Å². The van der Waals surface area contributed by atoms with E-state index in [0.717, 1.165) is 4.47 Å². The Hall–Kier alpha value is -0.680. The first-order chi connectivity index (χ1) is 10.5. The number of ether oxygens (including phenoxy) is 2. The van der Waals surface area contributed by atoms with Gasteiger partial charge >= 0.3 is 6.61 Å². The highest BCUT2D eigenvalue weighted by atomic mass is 127. The number of rotatable bonds is 7. The summed E-state index contributed by atoms with van der Waals surface area (Å²) in [6.45, 7) is -0.0991. The highest BCUT2D eigenvalue weighted by molar-refractivity contribution is 14.0. The summed E-state index contributed by atoms with van der Waals surface area (Å²) < 4.78 is 35.2. The number of methoxy groups -OCH3 is 1.